The third-order valence-corrected chi connectivity index (χ3v) is 9.74. The van der Waals surface area contributed by atoms with Crippen molar-refractivity contribution in [1.29, 1.82) is 0 Å². The zero-order valence-corrected chi connectivity index (χ0v) is 33.7. The summed E-state index contributed by atoms with van der Waals surface area (Å²) in [5.41, 5.74) is 3.62. The van der Waals surface area contributed by atoms with E-state index in [1.807, 2.05) is 36.5 Å². The molecule has 0 spiro atoms. The van der Waals surface area contributed by atoms with Gasteiger partial charge in [0.1, 0.15) is 18.6 Å². The van der Waals surface area contributed by atoms with Crippen LogP contribution < -0.4 is 16.0 Å². The molecule has 1 aliphatic heterocycles. The van der Waals surface area contributed by atoms with Crippen LogP contribution in [-0.2, 0) is 37.0 Å². The van der Waals surface area contributed by atoms with Crippen LogP contribution in [-0.4, -0.2) is 124 Å². The van der Waals surface area contributed by atoms with Gasteiger partial charge in [-0.2, -0.15) is 0 Å². The third-order valence-electron chi connectivity index (χ3n) is 9.74. The summed E-state index contributed by atoms with van der Waals surface area (Å²) >= 11 is 0. The highest BCUT2D eigenvalue weighted by Gasteiger charge is 2.35. The molecule has 58 heavy (non-hydrogen) atoms. The average Bonchev–Trinajstić information content (AvgIpc) is 3.71. The number of ether oxygens (including phenoxy) is 3. The fourth-order valence-corrected chi connectivity index (χ4v) is 6.60. The van der Waals surface area contributed by atoms with E-state index in [0.717, 1.165) is 17.5 Å². The average molecular weight is 813 g/mol. The van der Waals surface area contributed by atoms with E-state index >= 15 is 0 Å². The number of nitrogens with one attached hydrogen (secondary N) is 3. The van der Waals surface area contributed by atoms with Crippen LogP contribution in [0.2, 0.25) is 0 Å². The van der Waals surface area contributed by atoms with Crippen molar-refractivity contribution in [3.8, 4) is 5.75 Å². The van der Waals surface area contributed by atoms with Gasteiger partial charge in [-0.25, -0.2) is 14.3 Å². The maximum absolute atomic E-state index is 12.3. The summed E-state index contributed by atoms with van der Waals surface area (Å²) in [6, 6.07) is 12.6. The van der Waals surface area contributed by atoms with Crippen LogP contribution in [0.25, 0.3) is 0 Å². The van der Waals surface area contributed by atoms with Gasteiger partial charge in [0.15, 0.2) is 6.10 Å². The number of aldehydes is 1. The first-order valence-electron chi connectivity index (χ1n) is 19.7. The first-order chi connectivity index (χ1) is 27.9. The fourth-order valence-electron chi connectivity index (χ4n) is 6.60. The summed E-state index contributed by atoms with van der Waals surface area (Å²) in [5, 5.41) is 54.0. The Bertz CT molecular complexity index is 1660. The lowest BCUT2D eigenvalue weighted by Crippen LogP contribution is -2.50. The summed E-state index contributed by atoms with van der Waals surface area (Å²) in [5.74, 6) is -0.620. The number of benzene rings is 2. The van der Waals surface area contributed by atoms with E-state index in [-0.39, 0.29) is 50.5 Å². The number of carboxylic acid groups (broad SMARTS) is 1. The minimum atomic E-state index is -1.00. The molecule has 7 N–H and O–H groups in total. The number of aromatic hydroxyl groups is 1. The molecule has 1 saturated heterocycles. The van der Waals surface area contributed by atoms with Crippen molar-refractivity contribution in [3.05, 3.63) is 76.6 Å². The van der Waals surface area contributed by atoms with Crippen LogP contribution in [0.3, 0.4) is 0 Å². The number of hydrogen-bond donors (Lipinski definition) is 7. The Balaban J connectivity index is 0.000000249. The molecule has 5 rings (SSSR count). The number of rotatable bonds is 17. The number of aryl methyl sites for hydroxylation is 2. The summed E-state index contributed by atoms with van der Waals surface area (Å²) in [6.07, 6.45) is 7.75. The number of carbonyl (C=O) groups is 4. The standard InChI is InChI=1S/C19H28N2O6.C12H17NO4.C10H15N3O/c1-10-6-12(7-11(2)17(10)23)18(24)21-9-13(22)8-16-14(20-3)4-5-15(27-16)19(25)26;14-7-9-16-8-6-13-12(15)17-10-11-4-2-1-3-5-11;14-7-6-13-8-10(11-12-13)9-4-2-1-3-5-9/h6-7,13-16,20,22-23H,4-5,8-9H2,1-3H3,(H,21,24)(H,25,26);1-5,14H,6-10H2,(H,13,15);7-9H,1-6H2. The van der Waals surface area contributed by atoms with Gasteiger partial charge in [0.05, 0.1) is 44.3 Å². The number of aliphatic hydroxyl groups excluding tert-OH is 2. The minimum absolute atomic E-state index is 0.0154. The van der Waals surface area contributed by atoms with Crippen LogP contribution in [0.1, 0.15) is 90.0 Å². The van der Waals surface area contributed by atoms with Gasteiger partial charge in [0.2, 0.25) is 0 Å². The Labute approximate surface area is 339 Å². The minimum Gasteiger partial charge on any atom is -0.507 e. The number of phenolic OH excluding ortho intramolecular Hbond substituents is 1. The Morgan fingerprint density at radius 2 is 1.72 bits per heavy atom. The number of aliphatic hydroxyl groups is 2. The summed E-state index contributed by atoms with van der Waals surface area (Å²) in [7, 11) is 1.77. The van der Waals surface area contributed by atoms with E-state index in [2.05, 4.69) is 26.3 Å². The van der Waals surface area contributed by atoms with Crippen LogP contribution in [0, 0.1) is 13.8 Å². The first-order valence-corrected chi connectivity index (χ1v) is 19.7. The number of hydrogen-bond acceptors (Lipinski definition) is 13. The van der Waals surface area contributed by atoms with Crippen molar-refractivity contribution in [1.82, 2.24) is 30.9 Å². The molecule has 17 heteroatoms. The molecule has 17 nitrogen and oxygen atoms in total. The monoisotopic (exact) mass is 812 g/mol. The van der Waals surface area contributed by atoms with E-state index in [9.17, 15) is 29.4 Å². The Morgan fingerprint density at radius 1 is 1.02 bits per heavy atom. The zero-order chi connectivity index (χ0) is 42.3. The molecular weight excluding hydrogens is 752 g/mol. The number of amides is 2. The number of carboxylic acids is 1. The predicted octanol–water partition coefficient (Wildman–Crippen LogP) is 3.16. The quantitative estimate of drug-likeness (QED) is 0.0766. The van der Waals surface area contributed by atoms with Crippen LogP contribution in [0.4, 0.5) is 4.79 Å². The van der Waals surface area contributed by atoms with Gasteiger partial charge in [-0.3, -0.25) is 4.79 Å². The molecule has 4 unspecified atom stereocenters. The van der Waals surface area contributed by atoms with Gasteiger partial charge in [0, 0.05) is 43.2 Å². The number of likely N-dealkylation sites (N-methyl/N-ethyl adjacent to an activating group) is 1. The second-order valence-electron chi connectivity index (χ2n) is 14.2. The van der Waals surface area contributed by atoms with Crippen molar-refractivity contribution in [2.24, 2.45) is 0 Å². The van der Waals surface area contributed by atoms with E-state index in [4.69, 9.17) is 24.4 Å². The van der Waals surface area contributed by atoms with Gasteiger partial charge >= 0.3 is 12.1 Å². The third kappa shape index (κ3) is 16.9. The number of nitrogens with zero attached hydrogens (tertiary/aromatic N) is 3. The lowest BCUT2D eigenvalue weighted by Gasteiger charge is -2.35. The van der Waals surface area contributed by atoms with Crippen molar-refractivity contribution >= 4 is 24.3 Å². The second-order valence-corrected chi connectivity index (χ2v) is 14.2. The zero-order valence-electron chi connectivity index (χ0n) is 33.7. The van der Waals surface area contributed by atoms with Gasteiger partial charge in [-0.1, -0.05) is 54.8 Å². The highest BCUT2D eigenvalue weighted by atomic mass is 16.5. The molecule has 1 aliphatic carbocycles. The summed E-state index contributed by atoms with van der Waals surface area (Å²) < 4.78 is 17.2. The number of aliphatic carboxylic acids is 1. The summed E-state index contributed by atoms with van der Waals surface area (Å²) in [4.78, 5) is 44.9. The molecule has 3 aromatic rings. The molecule has 2 heterocycles. The SMILES string of the molecule is CNC1CCC(C(=O)O)OC1CC(O)CNC(=O)c1cc(C)c(O)c(C)c1.O=C(NCCOCCO)OCc1ccccc1.O=CCn1cc(C2CCCCC2)nn1. The highest BCUT2D eigenvalue weighted by molar-refractivity contribution is 5.94. The molecule has 2 fully saturated rings. The van der Waals surface area contributed by atoms with Crippen molar-refractivity contribution in [2.75, 3.05) is 40.0 Å². The Kier molecular flexibility index (Phi) is 21.4. The number of aromatic nitrogens is 3. The normalized spacial score (nSPS) is 18.3. The van der Waals surface area contributed by atoms with Gasteiger partial charge in [-0.05, 0) is 75.4 Å². The molecule has 4 atom stereocenters. The van der Waals surface area contributed by atoms with Crippen molar-refractivity contribution in [2.45, 2.75) is 109 Å². The van der Waals surface area contributed by atoms with Crippen LogP contribution in [0.15, 0.2) is 48.7 Å². The topological polar surface area (TPSA) is 244 Å². The van der Waals surface area contributed by atoms with E-state index in [1.165, 1.54) is 32.1 Å². The Morgan fingerprint density at radius 3 is 2.36 bits per heavy atom. The molecule has 1 saturated carbocycles. The molecule has 1 aromatic heterocycles. The van der Waals surface area contributed by atoms with Crippen LogP contribution in [0.5, 0.6) is 5.75 Å². The smallest absolute Gasteiger partial charge is 0.407 e. The lowest BCUT2D eigenvalue weighted by atomic mass is 9.87. The van der Waals surface area contributed by atoms with E-state index in [1.54, 1.807) is 37.7 Å². The number of carbonyl (C=O) groups excluding carboxylic acids is 3. The molecular formula is C41H60N6O11. The number of phenols is 1. The molecule has 0 bridgehead atoms. The van der Waals surface area contributed by atoms with Gasteiger partial charge in [0.25, 0.3) is 5.91 Å². The molecule has 2 amide bonds. The molecule has 2 aliphatic rings. The van der Waals surface area contributed by atoms with Crippen molar-refractivity contribution in [3.63, 3.8) is 0 Å². The van der Waals surface area contributed by atoms with Gasteiger partial charge < -0.3 is 55.4 Å². The second kappa shape index (κ2) is 26.1. The van der Waals surface area contributed by atoms with Crippen molar-refractivity contribution < 1.29 is 53.8 Å². The molecule has 0 radical (unpaired) electrons. The van der Waals surface area contributed by atoms with E-state index < -0.39 is 30.4 Å². The fraction of sp³-hybridized carbons (Fsp3) is 0.561. The highest BCUT2D eigenvalue weighted by Crippen LogP contribution is 2.31. The molecule has 2 aromatic carbocycles. The maximum Gasteiger partial charge on any atom is 0.407 e. The lowest BCUT2D eigenvalue weighted by molar-refractivity contribution is -0.163. The molecule has 320 valence electrons. The van der Waals surface area contributed by atoms with Gasteiger partial charge in [-0.15, -0.1) is 5.10 Å². The van der Waals surface area contributed by atoms with Crippen LogP contribution >= 0.6 is 0 Å². The maximum atomic E-state index is 12.3. The first kappa shape index (κ1) is 47.4. The Hall–Kier alpha value is -4.94. The number of alkyl carbamates (subject to hydrolysis) is 1. The summed E-state index contributed by atoms with van der Waals surface area (Å²) in [6.45, 7) is 5.01. The largest absolute Gasteiger partial charge is 0.507 e. The van der Waals surface area contributed by atoms with E-state index in [0.29, 0.717) is 55.1 Å². The predicted molar refractivity (Wildman–Crippen MR) is 213 cm³/mol.